The van der Waals surface area contributed by atoms with E-state index >= 15 is 0 Å². The highest BCUT2D eigenvalue weighted by atomic mass is 16.2. The third kappa shape index (κ3) is 10.1. The molecule has 108 valence electrons. The number of carbonyl (C=O) groups is 2. The molecule has 2 amide bonds. The molecule has 0 saturated carbocycles. The van der Waals surface area contributed by atoms with Gasteiger partial charge in [0.1, 0.15) is 0 Å². The molecule has 19 heavy (non-hydrogen) atoms. The van der Waals surface area contributed by atoms with Gasteiger partial charge in [-0.25, -0.2) is 0 Å². The molecule has 4 nitrogen and oxygen atoms in total. The fourth-order valence-corrected chi connectivity index (χ4v) is 1.37. The summed E-state index contributed by atoms with van der Waals surface area (Å²) in [5.41, 5.74) is -0.327. The molecular formula is C15H26N2O2. The van der Waals surface area contributed by atoms with E-state index in [0.717, 1.165) is 0 Å². The molecule has 0 aromatic heterocycles. The minimum absolute atomic E-state index is 0.0987. The number of rotatable bonds is 6. The zero-order chi connectivity index (χ0) is 15.1. The summed E-state index contributed by atoms with van der Waals surface area (Å²) in [5.74, 6) is -0.277. The molecule has 0 aromatic rings. The van der Waals surface area contributed by atoms with E-state index in [0.29, 0.717) is 13.0 Å². The second-order valence-corrected chi connectivity index (χ2v) is 6.43. The zero-order valence-corrected chi connectivity index (χ0v) is 12.7. The van der Waals surface area contributed by atoms with Crippen molar-refractivity contribution in [2.75, 3.05) is 6.54 Å². The summed E-state index contributed by atoms with van der Waals surface area (Å²) in [5, 5.41) is 5.61. The number of hydrogen-bond acceptors (Lipinski definition) is 2. The van der Waals surface area contributed by atoms with E-state index in [9.17, 15) is 9.59 Å². The summed E-state index contributed by atoms with van der Waals surface area (Å²) in [6, 6.07) is 0. The quantitative estimate of drug-likeness (QED) is 0.724. The summed E-state index contributed by atoms with van der Waals surface area (Å²) in [7, 11) is 0. The molecule has 0 rings (SSSR count). The zero-order valence-electron chi connectivity index (χ0n) is 12.7. The lowest BCUT2D eigenvalue weighted by atomic mass is 9.89. The van der Waals surface area contributed by atoms with Gasteiger partial charge in [0.2, 0.25) is 11.8 Å². The van der Waals surface area contributed by atoms with Gasteiger partial charge in [-0.2, -0.15) is 0 Å². The minimum atomic E-state index is -0.227. The summed E-state index contributed by atoms with van der Waals surface area (Å²) in [6.07, 6.45) is 5.34. The topological polar surface area (TPSA) is 58.2 Å². The fourth-order valence-electron chi connectivity index (χ4n) is 1.37. The van der Waals surface area contributed by atoms with Gasteiger partial charge < -0.3 is 10.6 Å². The van der Waals surface area contributed by atoms with Gasteiger partial charge in [-0.05, 0) is 44.8 Å². The third-order valence-corrected chi connectivity index (χ3v) is 2.36. The SMILES string of the molecule is C=CC(=O)NCC(C)(C)C/C=C/C(=O)NC(C)(C)C. The molecule has 4 heteroatoms. The van der Waals surface area contributed by atoms with Crippen LogP contribution >= 0.6 is 0 Å². The number of allylic oxidation sites excluding steroid dienone is 1. The van der Waals surface area contributed by atoms with Crippen LogP contribution in [0.2, 0.25) is 0 Å². The maximum atomic E-state index is 11.6. The van der Waals surface area contributed by atoms with Crippen molar-refractivity contribution in [1.82, 2.24) is 10.6 Å². The summed E-state index contributed by atoms with van der Waals surface area (Å²) in [6.45, 7) is 13.8. The largest absolute Gasteiger partial charge is 0.352 e. The molecule has 0 heterocycles. The standard InChI is InChI=1S/C15H26N2O2/c1-7-12(18)16-11-15(5,6)10-8-9-13(19)17-14(2,3)4/h7-9H,1,10-11H2,2-6H3,(H,16,18)(H,17,19)/b9-8+. The van der Waals surface area contributed by atoms with Gasteiger partial charge in [0.15, 0.2) is 0 Å². The van der Waals surface area contributed by atoms with Crippen molar-refractivity contribution >= 4 is 11.8 Å². The van der Waals surface area contributed by atoms with E-state index in [-0.39, 0.29) is 22.8 Å². The molecule has 0 aliphatic carbocycles. The number of hydrogen-bond donors (Lipinski definition) is 2. The van der Waals surface area contributed by atoms with E-state index < -0.39 is 0 Å². The second kappa shape index (κ2) is 7.12. The smallest absolute Gasteiger partial charge is 0.244 e. The lowest BCUT2D eigenvalue weighted by Gasteiger charge is -2.23. The van der Waals surface area contributed by atoms with Crippen molar-refractivity contribution in [3.05, 3.63) is 24.8 Å². The van der Waals surface area contributed by atoms with Crippen LogP contribution in [0.25, 0.3) is 0 Å². The van der Waals surface area contributed by atoms with Crippen LogP contribution in [0, 0.1) is 5.41 Å². The monoisotopic (exact) mass is 266 g/mol. The molecule has 0 fully saturated rings. The van der Waals surface area contributed by atoms with Gasteiger partial charge in [0, 0.05) is 12.1 Å². The summed E-state index contributed by atoms with van der Waals surface area (Å²) >= 11 is 0. The van der Waals surface area contributed by atoms with Crippen molar-refractivity contribution in [2.45, 2.75) is 46.6 Å². The molecule has 0 bridgehead atoms. The van der Waals surface area contributed by atoms with E-state index in [4.69, 9.17) is 0 Å². The Kier molecular flexibility index (Phi) is 6.53. The van der Waals surface area contributed by atoms with Crippen LogP contribution in [0.1, 0.15) is 41.0 Å². The van der Waals surface area contributed by atoms with Gasteiger partial charge in [-0.3, -0.25) is 9.59 Å². The number of amides is 2. The fraction of sp³-hybridized carbons (Fsp3) is 0.600. The Bertz CT molecular complexity index is 363. The van der Waals surface area contributed by atoms with Gasteiger partial charge in [-0.15, -0.1) is 0 Å². The molecule has 2 N–H and O–H groups in total. The molecule has 0 atom stereocenters. The average molecular weight is 266 g/mol. The Morgan fingerprint density at radius 1 is 1.11 bits per heavy atom. The van der Waals surface area contributed by atoms with Crippen LogP contribution in [0.15, 0.2) is 24.8 Å². The van der Waals surface area contributed by atoms with E-state index in [1.165, 1.54) is 6.08 Å². The first kappa shape index (κ1) is 17.4. The normalized spacial score (nSPS) is 12.3. The highest BCUT2D eigenvalue weighted by Gasteiger charge is 2.17. The van der Waals surface area contributed by atoms with Crippen LogP contribution in [-0.4, -0.2) is 23.9 Å². The maximum Gasteiger partial charge on any atom is 0.244 e. The molecule has 0 spiro atoms. The van der Waals surface area contributed by atoms with Gasteiger partial charge in [0.05, 0.1) is 0 Å². The van der Waals surface area contributed by atoms with Crippen molar-refractivity contribution in [2.24, 2.45) is 5.41 Å². The molecule has 0 aliphatic heterocycles. The maximum absolute atomic E-state index is 11.6. The first-order chi connectivity index (χ1) is 8.56. The average Bonchev–Trinajstić information content (AvgIpc) is 2.23. The minimum Gasteiger partial charge on any atom is -0.352 e. The Labute approximate surface area is 116 Å². The van der Waals surface area contributed by atoms with Crippen molar-refractivity contribution in [3.8, 4) is 0 Å². The van der Waals surface area contributed by atoms with Gasteiger partial charge in [-0.1, -0.05) is 26.5 Å². The highest BCUT2D eigenvalue weighted by molar-refractivity contribution is 5.88. The van der Waals surface area contributed by atoms with Crippen LogP contribution in [0.5, 0.6) is 0 Å². The molecule has 0 radical (unpaired) electrons. The first-order valence-electron chi connectivity index (χ1n) is 6.45. The van der Waals surface area contributed by atoms with E-state index in [1.807, 2.05) is 40.7 Å². The van der Waals surface area contributed by atoms with Gasteiger partial charge in [0.25, 0.3) is 0 Å². The Hall–Kier alpha value is -1.58. The number of carbonyl (C=O) groups excluding carboxylic acids is 2. The van der Waals surface area contributed by atoms with Crippen molar-refractivity contribution in [1.29, 1.82) is 0 Å². The predicted octanol–water partition coefficient (Wildman–Crippen LogP) is 2.18. The Morgan fingerprint density at radius 3 is 2.16 bits per heavy atom. The van der Waals surface area contributed by atoms with Crippen molar-refractivity contribution in [3.63, 3.8) is 0 Å². The van der Waals surface area contributed by atoms with E-state index in [1.54, 1.807) is 6.08 Å². The Morgan fingerprint density at radius 2 is 1.68 bits per heavy atom. The van der Waals surface area contributed by atoms with Crippen LogP contribution < -0.4 is 10.6 Å². The Balaban J connectivity index is 4.19. The predicted molar refractivity (Wildman–Crippen MR) is 78.6 cm³/mol. The third-order valence-electron chi connectivity index (χ3n) is 2.36. The lowest BCUT2D eigenvalue weighted by Crippen LogP contribution is -2.39. The van der Waals surface area contributed by atoms with Crippen LogP contribution in [0.3, 0.4) is 0 Å². The first-order valence-corrected chi connectivity index (χ1v) is 6.45. The second-order valence-electron chi connectivity index (χ2n) is 6.43. The lowest BCUT2D eigenvalue weighted by molar-refractivity contribution is -0.118. The molecule has 0 unspecified atom stereocenters. The number of nitrogens with one attached hydrogen (secondary N) is 2. The van der Waals surface area contributed by atoms with Crippen molar-refractivity contribution < 1.29 is 9.59 Å². The molecule has 0 aliphatic rings. The summed E-state index contributed by atoms with van der Waals surface area (Å²) < 4.78 is 0. The summed E-state index contributed by atoms with van der Waals surface area (Å²) in [4.78, 5) is 22.7. The molecule has 0 saturated heterocycles. The molecule has 0 aromatic carbocycles. The van der Waals surface area contributed by atoms with Crippen LogP contribution in [0.4, 0.5) is 0 Å². The van der Waals surface area contributed by atoms with E-state index in [2.05, 4.69) is 17.2 Å². The molecular weight excluding hydrogens is 240 g/mol. The van der Waals surface area contributed by atoms with Crippen LogP contribution in [-0.2, 0) is 9.59 Å². The highest BCUT2D eigenvalue weighted by Crippen LogP contribution is 2.19. The van der Waals surface area contributed by atoms with Gasteiger partial charge >= 0.3 is 0 Å².